The second-order valence-electron chi connectivity index (χ2n) is 8.87. The van der Waals surface area contributed by atoms with Gasteiger partial charge in [0.2, 0.25) is 5.91 Å². The van der Waals surface area contributed by atoms with Gasteiger partial charge in [0.05, 0.1) is 12.1 Å². The molecule has 0 radical (unpaired) electrons. The van der Waals surface area contributed by atoms with Crippen LogP contribution in [0, 0.1) is 11.8 Å². The number of amides is 2. The van der Waals surface area contributed by atoms with Crippen LogP contribution in [0.2, 0.25) is 0 Å². The molecule has 1 saturated carbocycles. The van der Waals surface area contributed by atoms with Crippen LogP contribution in [0.5, 0.6) is 0 Å². The van der Waals surface area contributed by atoms with E-state index in [0.29, 0.717) is 17.9 Å². The molecule has 1 heterocycles. The topological polar surface area (TPSA) is 98.7 Å². The highest BCUT2D eigenvalue weighted by atomic mass is 19.4. The Hall–Kier alpha value is -2.83. The predicted molar refractivity (Wildman–Crippen MR) is 112 cm³/mol. The molecule has 0 spiro atoms. The number of rotatable bonds is 5. The van der Waals surface area contributed by atoms with Crippen LogP contribution in [0.1, 0.15) is 42.6 Å². The van der Waals surface area contributed by atoms with Gasteiger partial charge in [0.25, 0.3) is 5.91 Å². The van der Waals surface area contributed by atoms with Crippen LogP contribution in [-0.4, -0.2) is 65.7 Å². The van der Waals surface area contributed by atoms with Gasteiger partial charge >= 0.3 is 18.3 Å². The number of likely N-dealkylation sites (tertiary alicyclic amines) is 1. The smallest absolute Gasteiger partial charge is 0.475 e. The summed E-state index contributed by atoms with van der Waals surface area (Å²) in [5, 5.41) is 12.5. The van der Waals surface area contributed by atoms with E-state index in [0.717, 1.165) is 38.1 Å². The third-order valence-electron chi connectivity index (χ3n) is 5.98. The molecular weight excluding hydrogens is 484 g/mol. The quantitative estimate of drug-likeness (QED) is 0.527. The first-order valence-electron chi connectivity index (χ1n) is 10.9. The van der Waals surface area contributed by atoms with Crippen molar-refractivity contribution in [2.45, 2.75) is 51.1 Å². The number of nitrogens with zero attached hydrogens (tertiary/aromatic N) is 1. The highest BCUT2D eigenvalue weighted by Gasteiger charge is 2.41. The molecule has 1 saturated heterocycles. The summed E-state index contributed by atoms with van der Waals surface area (Å²) in [6.07, 6.45) is -7.73. The van der Waals surface area contributed by atoms with Crippen molar-refractivity contribution in [2.75, 3.05) is 19.6 Å². The van der Waals surface area contributed by atoms with Crippen molar-refractivity contribution in [1.29, 1.82) is 0 Å². The molecular formula is C22H27F6N3O4. The van der Waals surface area contributed by atoms with Crippen molar-refractivity contribution in [3.8, 4) is 0 Å². The van der Waals surface area contributed by atoms with Crippen LogP contribution in [0.3, 0.4) is 0 Å². The lowest BCUT2D eigenvalue weighted by Gasteiger charge is -2.22. The van der Waals surface area contributed by atoms with Crippen molar-refractivity contribution in [2.24, 2.45) is 11.8 Å². The number of fused-ring (bicyclic) bond motifs is 1. The Balaban J connectivity index is 0.000000540. The number of alkyl halides is 6. The van der Waals surface area contributed by atoms with E-state index in [1.54, 1.807) is 0 Å². The van der Waals surface area contributed by atoms with E-state index in [4.69, 9.17) is 9.90 Å². The Bertz CT molecular complexity index is 905. The maximum atomic E-state index is 12.7. The minimum Gasteiger partial charge on any atom is -0.475 e. The van der Waals surface area contributed by atoms with Gasteiger partial charge in [-0.1, -0.05) is 6.07 Å². The molecule has 0 bridgehead atoms. The Kier molecular flexibility index (Phi) is 9.15. The number of hydrogen-bond donors (Lipinski definition) is 3. The molecule has 0 aromatic heterocycles. The average molecular weight is 511 g/mol. The van der Waals surface area contributed by atoms with Gasteiger partial charge in [-0.25, -0.2) is 4.79 Å². The average Bonchev–Trinajstić information content (AvgIpc) is 3.30. The van der Waals surface area contributed by atoms with E-state index in [2.05, 4.69) is 29.4 Å². The van der Waals surface area contributed by atoms with Crippen LogP contribution in [0.25, 0.3) is 0 Å². The first-order chi connectivity index (χ1) is 16.1. The molecule has 1 aromatic carbocycles. The maximum absolute atomic E-state index is 12.7. The lowest BCUT2D eigenvalue weighted by atomic mass is 10.0. The third-order valence-corrected chi connectivity index (χ3v) is 5.98. The Labute approximate surface area is 197 Å². The number of carboxylic acids is 1. The summed E-state index contributed by atoms with van der Waals surface area (Å²) in [6, 6.07) is 4.79. The Morgan fingerprint density at radius 3 is 2.06 bits per heavy atom. The fourth-order valence-corrected chi connectivity index (χ4v) is 4.25. The zero-order valence-electron chi connectivity index (χ0n) is 19.0. The normalized spacial score (nSPS) is 22.3. The number of carbonyl (C=O) groups is 3. The highest BCUT2D eigenvalue weighted by molar-refractivity contribution is 5.96. The second kappa shape index (κ2) is 11.3. The monoisotopic (exact) mass is 511 g/mol. The summed E-state index contributed by atoms with van der Waals surface area (Å²) in [5.74, 6) is -2.59. The summed E-state index contributed by atoms with van der Waals surface area (Å²) in [7, 11) is 0. The Morgan fingerprint density at radius 2 is 1.60 bits per heavy atom. The van der Waals surface area contributed by atoms with E-state index in [9.17, 15) is 35.9 Å². The third kappa shape index (κ3) is 8.41. The van der Waals surface area contributed by atoms with Crippen molar-refractivity contribution in [1.82, 2.24) is 15.5 Å². The number of halogens is 6. The lowest BCUT2D eigenvalue weighted by Crippen LogP contribution is -2.42. The fraction of sp³-hybridized carbons (Fsp3) is 0.591. The number of hydrogen-bond acceptors (Lipinski definition) is 4. The lowest BCUT2D eigenvalue weighted by molar-refractivity contribution is -0.192. The van der Waals surface area contributed by atoms with Gasteiger partial charge in [0.15, 0.2) is 0 Å². The Morgan fingerprint density at radius 1 is 1.06 bits per heavy atom. The number of carboxylic acid groups (broad SMARTS) is 1. The SMILES string of the molecule is CC(C)N1CC2CC(NC(=O)CNC(=O)c3cccc(C(F)(F)F)c3)CC2C1.O=C(O)C(F)(F)F. The molecule has 1 aliphatic heterocycles. The summed E-state index contributed by atoms with van der Waals surface area (Å²) in [6.45, 7) is 6.24. The van der Waals surface area contributed by atoms with Crippen LogP contribution in [-0.2, 0) is 15.8 Å². The standard InChI is InChI=1S/C20H26F3N3O2.C2HF3O2/c1-12(2)26-10-14-7-17(8-15(14)11-26)25-18(27)9-24-19(28)13-4-3-5-16(6-13)20(21,22)23;3-2(4,5)1(6)7/h3-6,12,14-15,17H,7-11H2,1-2H3,(H,24,28)(H,25,27);(H,6,7). The van der Waals surface area contributed by atoms with Gasteiger partial charge in [-0.05, 0) is 56.7 Å². The predicted octanol–water partition coefficient (Wildman–Crippen LogP) is 3.30. The van der Waals surface area contributed by atoms with Crippen molar-refractivity contribution in [3.05, 3.63) is 35.4 Å². The maximum Gasteiger partial charge on any atom is 0.490 e. The molecule has 3 rings (SSSR count). The van der Waals surface area contributed by atoms with Gasteiger partial charge in [-0.3, -0.25) is 9.59 Å². The van der Waals surface area contributed by atoms with Gasteiger partial charge < -0.3 is 20.6 Å². The van der Waals surface area contributed by atoms with Crippen LogP contribution in [0.15, 0.2) is 24.3 Å². The van der Waals surface area contributed by atoms with Gasteiger partial charge in [-0.15, -0.1) is 0 Å². The van der Waals surface area contributed by atoms with E-state index >= 15 is 0 Å². The molecule has 13 heteroatoms. The van der Waals surface area contributed by atoms with Crippen LogP contribution < -0.4 is 10.6 Å². The number of aliphatic carboxylic acids is 1. The van der Waals surface area contributed by atoms with Crippen LogP contribution in [0.4, 0.5) is 26.3 Å². The zero-order chi connectivity index (χ0) is 26.6. The fourth-order valence-electron chi connectivity index (χ4n) is 4.25. The molecule has 2 amide bonds. The number of carbonyl (C=O) groups excluding carboxylic acids is 2. The summed E-state index contributed by atoms with van der Waals surface area (Å²) >= 11 is 0. The molecule has 2 unspecified atom stereocenters. The molecule has 1 aromatic rings. The molecule has 35 heavy (non-hydrogen) atoms. The van der Waals surface area contributed by atoms with Crippen LogP contribution >= 0.6 is 0 Å². The molecule has 1 aliphatic carbocycles. The molecule has 2 fully saturated rings. The molecule has 196 valence electrons. The van der Waals surface area contributed by atoms with E-state index in [1.165, 1.54) is 12.1 Å². The van der Waals surface area contributed by atoms with E-state index in [1.807, 2.05) is 0 Å². The van der Waals surface area contributed by atoms with Gasteiger partial charge in [0, 0.05) is 30.7 Å². The molecule has 7 nitrogen and oxygen atoms in total. The van der Waals surface area contributed by atoms with Crippen molar-refractivity contribution in [3.63, 3.8) is 0 Å². The van der Waals surface area contributed by atoms with Crippen molar-refractivity contribution < 1.29 is 45.8 Å². The minimum absolute atomic E-state index is 0.0993. The number of nitrogens with one attached hydrogen (secondary N) is 2. The first-order valence-corrected chi connectivity index (χ1v) is 10.9. The summed E-state index contributed by atoms with van der Waals surface area (Å²) in [5.41, 5.74) is -1.01. The highest BCUT2D eigenvalue weighted by Crippen LogP contribution is 2.38. The zero-order valence-corrected chi connectivity index (χ0v) is 19.0. The molecule has 2 aliphatic rings. The van der Waals surface area contributed by atoms with Gasteiger partial charge in [0.1, 0.15) is 0 Å². The first kappa shape index (κ1) is 28.4. The molecule has 3 N–H and O–H groups in total. The van der Waals surface area contributed by atoms with E-state index < -0.39 is 29.8 Å². The van der Waals surface area contributed by atoms with Gasteiger partial charge in [-0.2, -0.15) is 26.3 Å². The largest absolute Gasteiger partial charge is 0.490 e. The second-order valence-corrected chi connectivity index (χ2v) is 8.87. The summed E-state index contributed by atoms with van der Waals surface area (Å²) < 4.78 is 70.0. The number of benzene rings is 1. The summed E-state index contributed by atoms with van der Waals surface area (Å²) in [4.78, 5) is 35.6. The molecule has 2 atom stereocenters. The van der Waals surface area contributed by atoms with E-state index in [-0.39, 0.29) is 24.1 Å². The minimum atomic E-state index is -5.08. The van der Waals surface area contributed by atoms with Crippen molar-refractivity contribution >= 4 is 17.8 Å².